The molecule has 1 aromatic heterocycles. The van der Waals surface area contributed by atoms with Gasteiger partial charge in [-0.3, -0.25) is 4.79 Å². The lowest BCUT2D eigenvalue weighted by Crippen LogP contribution is -2.42. The van der Waals surface area contributed by atoms with Gasteiger partial charge in [0.25, 0.3) is 5.91 Å². The molecule has 0 radical (unpaired) electrons. The van der Waals surface area contributed by atoms with Crippen molar-refractivity contribution in [3.8, 4) is 0 Å². The van der Waals surface area contributed by atoms with Crippen molar-refractivity contribution in [3.05, 3.63) is 16.6 Å². The van der Waals surface area contributed by atoms with E-state index in [1.165, 1.54) is 11.3 Å². The third-order valence-corrected chi connectivity index (χ3v) is 3.74. The summed E-state index contributed by atoms with van der Waals surface area (Å²) >= 11 is 1.45. The number of hydrogen-bond acceptors (Lipinski definition) is 4. The fourth-order valence-electron chi connectivity index (χ4n) is 1.92. The highest BCUT2D eigenvalue weighted by Gasteiger charge is 2.27. The lowest BCUT2D eigenvalue weighted by atomic mass is 9.81. The predicted octanol–water partition coefficient (Wildman–Crippen LogP) is 1.26. The Labute approximate surface area is 99.5 Å². The van der Waals surface area contributed by atoms with Crippen molar-refractivity contribution in [1.29, 1.82) is 0 Å². The maximum atomic E-state index is 11.7. The number of amides is 1. The molecule has 1 amide bonds. The number of aromatic nitrogens is 1. The third-order valence-electron chi connectivity index (χ3n) is 3.15. The van der Waals surface area contributed by atoms with E-state index in [2.05, 4.69) is 22.5 Å². The Hall–Kier alpha value is -0.940. The van der Waals surface area contributed by atoms with Crippen LogP contribution in [0, 0.1) is 5.41 Å². The number of nitrogens with zero attached hydrogens (tertiary/aromatic N) is 1. The standard InChI is InChI=1S/C11H17N3OS/c1-11(2-4-12-5-3-11)7-13-10(15)9-6-16-8-14-9/h6,8,12H,2-5,7H2,1H3,(H,13,15). The van der Waals surface area contributed by atoms with Gasteiger partial charge in [0.1, 0.15) is 5.69 Å². The van der Waals surface area contributed by atoms with E-state index in [-0.39, 0.29) is 11.3 Å². The van der Waals surface area contributed by atoms with Crippen molar-refractivity contribution < 1.29 is 4.79 Å². The Balaban J connectivity index is 1.84. The summed E-state index contributed by atoms with van der Waals surface area (Å²) in [5.41, 5.74) is 2.44. The van der Waals surface area contributed by atoms with Gasteiger partial charge in [-0.05, 0) is 31.3 Å². The van der Waals surface area contributed by atoms with Crippen LogP contribution >= 0.6 is 11.3 Å². The number of thiazole rings is 1. The summed E-state index contributed by atoms with van der Waals surface area (Å²) in [4.78, 5) is 15.7. The first kappa shape index (κ1) is 11.5. The minimum atomic E-state index is -0.0546. The molecule has 1 aliphatic heterocycles. The molecule has 16 heavy (non-hydrogen) atoms. The largest absolute Gasteiger partial charge is 0.350 e. The number of rotatable bonds is 3. The molecule has 0 saturated carbocycles. The molecule has 2 heterocycles. The van der Waals surface area contributed by atoms with Crippen LogP contribution in [0.4, 0.5) is 0 Å². The van der Waals surface area contributed by atoms with Crippen LogP contribution in [0.15, 0.2) is 10.9 Å². The van der Waals surface area contributed by atoms with Crippen LogP contribution in [0.5, 0.6) is 0 Å². The van der Waals surface area contributed by atoms with Crippen LogP contribution in [-0.2, 0) is 0 Å². The van der Waals surface area contributed by atoms with Gasteiger partial charge in [0, 0.05) is 11.9 Å². The molecular formula is C11H17N3OS. The van der Waals surface area contributed by atoms with Crippen LogP contribution in [-0.4, -0.2) is 30.5 Å². The molecule has 2 N–H and O–H groups in total. The highest BCUT2D eigenvalue weighted by Crippen LogP contribution is 2.26. The van der Waals surface area contributed by atoms with E-state index in [0.717, 1.165) is 32.5 Å². The van der Waals surface area contributed by atoms with Crippen molar-refractivity contribution in [1.82, 2.24) is 15.6 Å². The summed E-state index contributed by atoms with van der Waals surface area (Å²) in [6.07, 6.45) is 2.23. The Bertz CT molecular complexity index is 344. The smallest absolute Gasteiger partial charge is 0.270 e. The topological polar surface area (TPSA) is 54.0 Å². The van der Waals surface area contributed by atoms with Gasteiger partial charge < -0.3 is 10.6 Å². The highest BCUT2D eigenvalue weighted by molar-refractivity contribution is 7.07. The normalized spacial score (nSPS) is 19.3. The number of carbonyl (C=O) groups is 1. The Morgan fingerprint density at radius 1 is 1.62 bits per heavy atom. The molecule has 1 aliphatic rings. The van der Waals surface area contributed by atoms with Crippen LogP contribution in [0.1, 0.15) is 30.3 Å². The van der Waals surface area contributed by atoms with E-state index >= 15 is 0 Å². The molecule has 1 fully saturated rings. The van der Waals surface area contributed by atoms with Crippen LogP contribution in [0.2, 0.25) is 0 Å². The van der Waals surface area contributed by atoms with Crippen molar-refractivity contribution in [2.75, 3.05) is 19.6 Å². The third kappa shape index (κ3) is 2.80. The zero-order chi connectivity index (χ0) is 11.4. The molecule has 0 spiro atoms. The molecule has 1 aromatic rings. The minimum Gasteiger partial charge on any atom is -0.350 e. The Morgan fingerprint density at radius 2 is 2.38 bits per heavy atom. The first-order valence-corrected chi connectivity index (χ1v) is 6.51. The summed E-state index contributed by atoms with van der Waals surface area (Å²) in [5.74, 6) is -0.0546. The Kier molecular flexibility index (Phi) is 3.56. The predicted molar refractivity (Wildman–Crippen MR) is 64.7 cm³/mol. The van der Waals surface area contributed by atoms with Gasteiger partial charge in [-0.25, -0.2) is 4.98 Å². The minimum absolute atomic E-state index is 0.0546. The molecule has 0 aromatic carbocycles. The maximum Gasteiger partial charge on any atom is 0.270 e. The van der Waals surface area contributed by atoms with Gasteiger partial charge in [-0.1, -0.05) is 6.92 Å². The average molecular weight is 239 g/mol. The van der Waals surface area contributed by atoms with E-state index in [4.69, 9.17) is 0 Å². The monoisotopic (exact) mass is 239 g/mol. The summed E-state index contributed by atoms with van der Waals surface area (Å²) in [5, 5.41) is 8.08. The highest BCUT2D eigenvalue weighted by atomic mass is 32.1. The molecule has 0 bridgehead atoms. The van der Waals surface area contributed by atoms with E-state index in [1.807, 2.05) is 0 Å². The van der Waals surface area contributed by atoms with Crippen LogP contribution in [0.25, 0.3) is 0 Å². The number of carbonyl (C=O) groups excluding carboxylic acids is 1. The lowest BCUT2D eigenvalue weighted by molar-refractivity contribution is 0.0918. The first-order chi connectivity index (χ1) is 7.70. The molecule has 0 unspecified atom stereocenters. The molecular weight excluding hydrogens is 222 g/mol. The quantitative estimate of drug-likeness (QED) is 0.835. The fourth-order valence-corrected chi connectivity index (χ4v) is 2.45. The second-order valence-electron chi connectivity index (χ2n) is 4.62. The van der Waals surface area contributed by atoms with E-state index in [1.54, 1.807) is 10.9 Å². The summed E-state index contributed by atoms with van der Waals surface area (Å²) in [6.45, 7) is 5.06. The van der Waals surface area contributed by atoms with Crippen molar-refractivity contribution in [2.45, 2.75) is 19.8 Å². The number of nitrogens with one attached hydrogen (secondary N) is 2. The molecule has 4 nitrogen and oxygen atoms in total. The SMILES string of the molecule is CC1(CNC(=O)c2cscn2)CCNCC1. The summed E-state index contributed by atoms with van der Waals surface area (Å²) in [6, 6.07) is 0. The van der Waals surface area contributed by atoms with E-state index in [9.17, 15) is 4.79 Å². The molecule has 1 saturated heterocycles. The zero-order valence-electron chi connectivity index (χ0n) is 9.45. The zero-order valence-corrected chi connectivity index (χ0v) is 10.3. The molecule has 0 atom stereocenters. The number of hydrogen-bond donors (Lipinski definition) is 2. The van der Waals surface area contributed by atoms with Gasteiger partial charge in [0.05, 0.1) is 5.51 Å². The van der Waals surface area contributed by atoms with Crippen molar-refractivity contribution >= 4 is 17.2 Å². The summed E-state index contributed by atoms with van der Waals surface area (Å²) in [7, 11) is 0. The van der Waals surface area contributed by atoms with E-state index in [0.29, 0.717) is 5.69 Å². The van der Waals surface area contributed by atoms with E-state index < -0.39 is 0 Å². The van der Waals surface area contributed by atoms with Gasteiger partial charge >= 0.3 is 0 Å². The molecule has 5 heteroatoms. The molecule has 88 valence electrons. The lowest BCUT2D eigenvalue weighted by Gasteiger charge is -2.34. The Morgan fingerprint density at radius 3 is 3.00 bits per heavy atom. The van der Waals surface area contributed by atoms with Crippen molar-refractivity contribution in [2.24, 2.45) is 5.41 Å². The fraction of sp³-hybridized carbons (Fsp3) is 0.636. The van der Waals surface area contributed by atoms with Crippen LogP contribution < -0.4 is 10.6 Å². The second kappa shape index (κ2) is 4.93. The maximum absolute atomic E-state index is 11.7. The van der Waals surface area contributed by atoms with Crippen LogP contribution in [0.3, 0.4) is 0 Å². The average Bonchev–Trinajstić information content (AvgIpc) is 2.80. The van der Waals surface area contributed by atoms with Gasteiger partial charge in [0.15, 0.2) is 0 Å². The van der Waals surface area contributed by atoms with Gasteiger partial charge in [-0.15, -0.1) is 11.3 Å². The van der Waals surface area contributed by atoms with Gasteiger partial charge in [-0.2, -0.15) is 0 Å². The first-order valence-electron chi connectivity index (χ1n) is 5.57. The molecule has 2 rings (SSSR count). The van der Waals surface area contributed by atoms with Gasteiger partial charge in [0.2, 0.25) is 0 Å². The second-order valence-corrected chi connectivity index (χ2v) is 5.34. The number of piperidine rings is 1. The summed E-state index contributed by atoms with van der Waals surface area (Å²) < 4.78 is 0. The molecule has 0 aliphatic carbocycles. The van der Waals surface area contributed by atoms with Crippen molar-refractivity contribution in [3.63, 3.8) is 0 Å².